The molecule has 0 bridgehead atoms. The lowest BCUT2D eigenvalue weighted by Crippen LogP contribution is -2.48. The molecule has 0 aliphatic carbocycles. The highest BCUT2D eigenvalue weighted by molar-refractivity contribution is 5.92. The number of hydrogen-bond donors (Lipinski definition) is 4. The van der Waals surface area contributed by atoms with Crippen LogP contribution in [0.4, 0.5) is 0 Å². The average molecular weight is 177 g/mol. The Hall–Kier alpha value is -0.980. The van der Waals surface area contributed by atoms with Crippen molar-refractivity contribution in [2.45, 2.75) is 25.2 Å². The minimum Gasteiger partial charge on any atom is -0.480 e. The second kappa shape index (κ2) is 4.15. The molecule has 0 rings (SSSR count). The number of nitrogens with two attached hydrogens (primary N) is 1. The molecule has 12 heavy (non-hydrogen) atoms. The highest BCUT2D eigenvalue weighted by Gasteiger charge is 2.30. The van der Waals surface area contributed by atoms with Crippen molar-refractivity contribution in [2.24, 2.45) is 5.73 Å². The number of carbonyl (C=O) groups excluding carboxylic acids is 1. The van der Waals surface area contributed by atoms with Gasteiger partial charge < -0.3 is 21.1 Å². The summed E-state index contributed by atoms with van der Waals surface area (Å²) in [6.45, 7) is 1.13. The first-order valence-corrected chi connectivity index (χ1v) is 3.26. The van der Waals surface area contributed by atoms with Gasteiger partial charge in [-0.3, -0.25) is 9.59 Å². The van der Waals surface area contributed by atoms with Gasteiger partial charge in [-0.25, -0.2) is 0 Å². The third-order valence-electron chi connectivity index (χ3n) is 1.33. The van der Waals surface area contributed by atoms with Gasteiger partial charge in [-0.1, -0.05) is 0 Å². The maximum atomic E-state index is 10.7. The van der Waals surface area contributed by atoms with Crippen LogP contribution in [-0.4, -0.2) is 45.3 Å². The molecule has 5 N–H and O–H groups in total. The smallest absolute Gasteiger partial charge is 0.323 e. The Morgan fingerprint density at radius 1 is 1.33 bits per heavy atom. The van der Waals surface area contributed by atoms with E-state index >= 15 is 0 Å². The van der Waals surface area contributed by atoms with Gasteiger partial charge in [0, 0.05) is 0 Å². The quantitative estimate of drug-likeness (QED) is 0.383. The molecule has 0 radical (unpaired) electrons. The zero-order valence-electron chi connectivity index (χ0n) is 6.47. The Balaban J connectivity index is 4.29. The fourth-order valence-corrected chi connectivity index (χ4v) is 0.559. The Morgan fingerprint density at radius 2 is 1.75 bits per heavy atom. The molecule has 0 amide bonds. The number of aliphatic carboxylic acids is 1. The first kappa shape index (κ1) is 11.0. The number of hydrogen-bond acceptors (Lipinski definition) is 5. The molecule has 0 spiro atoms. The summed E-state index contributed by atoms with van der Waals surface area (Å²) in [6.07, 6.45) is -3.27. The van der Waals surface area contributed by atoms with Crippen LogP contribution < -0.4 is 5.73 Å². The van der Waals surface area contributed by atoms with Crippen molar-refractivity contribution in [1.29, 1.82) is 0 Å². The standard InChI is InChI=1S/C6H11NO5/c1-2(8)4(9)5(10)3(7)6(11)12/h2-3,5,8,10H,7H2,1H3,(H,11,12)/t2?,3-,5-/m0/s1. The lowest BCUT2D eigenvalue weighted by Gasteiger charge is -2.14. The Morgan fingerprint density at radius 3 is 2.00 bits per heavy atom. The molecular weight excluding hydrogens is 166 g/mol. The van der Waals surface area contributed by atoms with Crippen LogP contribution in [0, 0.1) is 0 Å². The average Bonchev–Trinajstić information content (AvgIpc) is 2.00. The third kappa shape index (κ3) is 2.57. The molecule has 0 aromatic heterocycles. The van der Waals surface area contributed by atoms with Crippen LogP contribution in [0.3, 0.4) is 0 Å². The summed E-state index contributed by atoms with van der Waals surface area (Å²) in [4.78, 5) is 20.9. The SMILES string of the molecule is CC(O)C(=O)[C@@H](O)[C@H](N)C(=O)O. The van der Waals surface area contributed by atoms with Crippen LogP contribution in [0.15, 0.2) is 0 Å². The summed E-state index contributed by atoms with van der Waals surface area (Å²) in [7, 11) is 0. The number of rotatable bonds is 4. The van der Waals surface area contributed by atoms with Gasteiger partial charge in [0.25, 0.3) is 0 Å². The molecule has 3 atom stereocenters. The van der Waals surface area contributed by atoms with E-state index in [0.717, 1.165) is 6.92 Å². The fraction of sp³-hybridized carbons (Fsp3) is 0.667. The van der Waals surface area contributed by atoms with Gasteiger partial charge in [0.2, 0.25) is 0 Å². The lowest BCUT2D eigenvalue weighted by molar-refractivity contribution is -0.147. The first-order chi connectivity index (χ1) is 5.37. The van der Waals surface area contributed by atoms with E-state index in [4.69, 9.17) is 21.1 Å². The van der Waals surface area contributed by atoms with E-state index in [2.05, 4.69) is 0 Å². The Kier molecular flexibility index (Phi) is 3.81. The second-order valence-corrected chi connectivity index (χ2v) is 2.39. The first-order valence-electron chi connectivity index (χ1n) is 3.26. The zero-order chi connectivity index (χ0) is 9.89. The van der Waals surface area contributed by atoms with Crippen LogP contribution >= 0.6 is 0 Å². The molecule has 0 aliphatic rings. The van der Waals surface area contributed by atoms with Crippen molar-refractivity contribution in [1.82, 2.24) is 0 Å². The maximum absolute atomic E-state index is 10.7. The zero-order valence-corrected chi connectivity index (χ0v) is 6.47. The van der Waals surface area contributed by atoms with E-state index < -0.39 is 30.0 Å². The van der Waals surface area contributed by atoms with E-state index in [1.165, 1.54) is 0 Å². The lowest BCUT2D eigenvalue weighted by atomic mass is 10.0. The van der Waals surface area contributed by atoms with Crippen LogP contribution in [0.5, 0.6) is 0 Å². The number of Topliss-reactive ketones (excluding diaryl/α,β-unsaturated/α-hetero) is 1. The van der Waals surface area contributed by atoms with Gasteiger partial charge in [-0.15, -0.1) is 0 Å². The van der Waals surface area contributed by atoms with Crippen LogP contribution in [-0.2, 0) is 9.59 Å². The third-order valence-corrected chi connectivity index (χ3v) is 1.33. The molecule has 0 aromatic rings. The van der Waals surface area contributed by atoms with Gasteiger partial charge in [0.05, 0.1) is 0 Å². The van der Waals surface area contributed by atoms with Crippen LogP contribution in [0.25, 0.3) is 0 Å². The van der Waals surface area contributed by atoms with E-state index in [9.17, 15) is 9.59 Å². The van der Waals surface area contributed by atoms with E-state index in [0.29, 0.717) is 0 Å². The van der Waals surface area contributed by atoms with Crippen molar-refractivity contribution >= 4 is 11.8 Å². The van der Waals surface area contributed by atoms with Gasteiger partial charge in [-0.05, 0) is 6.92 Å². The van der Waals surface area contributed by atoms with Gasteiger partial charge in [-0.2, -0.15) is 0 Å². The van der Waals surface area contributed by atoms with Gasteiger partial charge in [0.1, 0.15) is 18.2 Å². The number of carboxylic acid groups (broad SMARTS) is 1. The highest BCUT2D eigenvalue weighted by atomic mass is 16.4. The number of carbonyl (C=O) groups is 2. The number of aliphatic hydroxyl groups excluding tert-OH is 2. The monoisotopic (exact) mass is 177 g/mol. The van der Waals surface area contributed by atoms with Gasteiger partial charge >= 0.3 is 5.97 Å². The molecule has 0 fully saturated rings. The summed E-state index contributed by atoms with van der Waals surface area (Å²) in [5.74, 6) is -2.48. The van der Waals surface area contributed by atoms with Crippen molar-refractivity contribution in [3.63, 3.8) is 0 Å². The molecule has 6 nitrogen and oxygen atoms in total. The minimum atomic E-state index is -1.86. The summed E-state index contributed by atoms with van der Waals surface area (Å²) < 4.78 is 0. The van der Waals surface area contributed by atoms with Crippen molar-refractivity contribution < 1.29 is 24.9 Å². The molecule has 0 aromatic carbocycles. The van der Waals surface area contributed by atoms with E-state index in [1.807, 2.05) is 0 Å². The molecule has 0 aliphatic heterocycles. The normalized spacial score (nSPS) is 18.0. The molecule has 70 valence electrons. The summed E-state index contributed by atoms with van der Waals surface area (Å²) in [6, 6.07) is -1.69. The maximum Gasteiger partial charge on any atom is 0.323 e. The minimum absolute atomic E-state index is 0.995. The van der Waals surface area contributed by atoms with Crippen molar-refractivity contribution in [3.05, 3.63) is 0 Å². The highest BCUT2D eigenvalue weighted by Crippen LogP contribution is 1.96. The molecule has 0 saturated heterocycles. The molecule has 1 unspecified atom stereocenters. The largest absolute Gasteiger partial charge is 0.480 e. The Labute approximate surface area is 68.6 Å². The number of carboxylic acids is 1. The second-order valence-electron chi connectivity index (χ2n) is 2.39. The molecular formula is C6H11NO5. The molecule has 0 heterocycles. The predicted octanol–water partition coefficient (Wildman–Crippen LogP) is -2.29. The van der Waals surface area contributed by atoms with E-state index in [1.54, 1.807) is 0 Å². The number of ketones is 1. The summed E-state index contributed by atoms with van der Waals surface area (Å²) in [5, 5.41) is 25.8. The predicted molar refractivity (Wildman–Crippen MR) is 38.3 cm³/mol. The van der Waals surface area contributed by atoms with Crippen LogP contribution in [0.2, 0.25) is 0 Å². The van der Waals surface area contributed by atoms with Crippen molar-refractivity contribution in [2.75, 3.05) is 0 Å². The topological polar surface area (TPSA) is 121 Å². The Bertz CT molecular complexity index is 190. The van der Waals surface area contributed by atoms with Crippen molar-refractivity contribution in [3.8, 4) is 0 Å². The molecule has 0 saturated carbocycles. The number of aliphatic hydroxyl groups is 2. The van der Waals surface area contributed by atoms with E-state index in [-0.39, 0.29) is 0 Å². The van der Waals surface area contributed by atoms with Crippen LogP contribution in [0.1, 0.15) is 6.92 Å². The molecule has 6 heteroatoms. The fourth-order valence-electron chi connectivity index (χ4n) is 0.559. The summed E-state index contributed by atoms with van der Waals surface area (Å²) >= 11 is 0. The summed E-state index contributed by atoms with van der Waals surface area (Å²) in [5.41, 5.74) is 4.92. The van der Waals surface area contributed by atoms with Gasteiger partial charge in [0.15, 0.2) is 5.78 Å².